The first-order chi connectivity index (χ1) is 9.10. The first-order valence-electron chi connectivity index (χ1n) is 5.66. The summed E-state index contributed by atoms with van der Waals surface area (Å²) in [6.45, 7) is 0.753. The van der Waals surface area contributed by atoms with E-state index in [0.29, 0.717) is 0 Å². The van der Waals surface area contributed by atoms with E-state index in [1.54, 1.807) is 0 Å². The van der Waals surface area contributed by atoms with Gasteiger partial charge in [0.25, 0.3) is 0 Å². The van der Waals surface area contributed by atoms with Crippen LogP contribution in [0.3, 0.4) is 0 Å². The molecule has 0 amide bonds. The van der Waals surface area contributed by atoms with E-state index < -0.39 is 0 Å². The van der Waals surface area contributed by atoms with Gasteiger partial charge < -0.3 is 10.1 Å². The maximum absolute atomic E-state index is 5.97. The molecule has 0 unspecified atom stereocenters. The molecule has 0 radical (unpaired) electrons. The fourth-order valence-corrected chi connectivity index (χ4v) is 3.19. The maximum Gasteiger partial charge on any atom is 0.141 e. The van der Waals surface area contributed by atoms with Crippen molar-refractivity contribution >= 4 is 47.8 Å². The Labute approximate surface area is 137 Å². The lowest BCUT2D eigenvalue weighted by Gasteiger charge is -2.13. The molecule has 100 valence electrons. The molecule has 0 aromatic heterocycles. The Morgan fingerprint density at radius 3 is 2.21 bits per heavy atom. The van der Waals surface area contributed by atoms with Crippen LogP contribution in [0.2, 0.25) is 0 Å². The lowest BCUT2D eigenvalue weighted by Crippen LogP contribution is -2.06. The molecule has 0 spiro atoms. The summed E-state index contributed by atoms with van der Waals surface area (Å²) in [7, 11) is 1.92. The molecule has 1 N–H and O–H groups in total. The van der Waals surface area contributed by atoms with Crippen molar-refractivity contribution in [3.8, 4) is 11.5 Å². The molecule has 2 nitrogen and oxygen atoms in total. The van der Waals surface area contributed by atoms with E-state index in [1.165, 1.54) is 0 Å². The molecule has 0 saturated heterocycles. The molecule has 2 aromatic carbocycles. The zero-order chi connectivity index (χ0) is 13.8. The Morgan fingerprint density at radius 1 is 0.947 bits per heavy atom. The van der Waals surface area contributed by atoms with Crippen LogP contribution in [0, 0.1) is 0 Å². The third kappa shape index (κ3) is 4.05. The number of hydrogen-bond donors (Lipinski definition) is 1. The van der Waals surface area contributed by atoms with Crippen LogP contribution in [-0.2, 0) is 6.54 Å². The zero-order valence-corrected chi connectivity index (χ0v) is 15.0. The van der Waals surface area contributed by atoms with Crippen molar-refractivity contribution in [2.75, 3.05) is 7.05 Å². The molecule has 19 heavy (non-hydrogen) atoms. The SMILES string of the molecule is CNCc1cc(Br)ccc1Oc1ccc(Br)cc1Br. The number of benzene rings is 2. The van der Waals surface area contributed by atoms with Gasteiger partial charge in [0.1, 0.15) is 11.5 Å². The predicted molar refractivity (Wildman–Crippen MR) is 88.8 cm³/mol. The molecular weight excluding hydrogens is 438 g/mol. The number of hydrogen-bond acceptors (Lipinski definition) is 2. The summed E-state index contributed by atoms with van der Waals surface area (Å²) in [5.74, 6) is 1.64. The molecule has 5 heteroatoms. The molecule has 0 saturated carbocycles. The van der Waals surface area contributed by atoms with E-state index in [0.717, 1.165) is 37.0 Å². The Kier molecular flexibility index (Phi) is 5.45. The third-order valence-corrected chi connectivity index (χ3v) is 4.11. The van der Waals surface area contributed by atoms with Crippen LogP contribution in [0.1, 0.15) is 5.56 Å². The Hall–Kier alpha value is -0.360. The molecule has 0 aliphatic rings. The average molecular weight is 450 g/mol. The highest BCUT2D eigenvalue weighted by atomic mass is 79.9. The van der Waals surface area contributed by atoms with Gasteiger partial charge >= 0.3 is 0 Å². The van der Waals surface area contributed by atoms with E-state index in [2.05, 4.69) is 59.2 Å². The molecule has 0 heterocycles. The summed E-state index contributed by atoms with van der Waals surface area (Å²) in [6.07, 6.45) is 0. The summed E-state index contributed by atoms with van der Waals surface area (Å²) in [5.41, 5.74) is 1.10. The van der Waals surface area contributed by atoms with Crippen molar-refractivity contribution in [1.82, 2.24) is 5.32 Å². The van der Waals surface area contributed by atoms with E-state index in [-0.39, 0.29) is 0 Å². The summed E-state index contributed by atoms with van der Waals surface area (Å²) < 4.78 is 8.94. The van der Waals surface area contributed by atoms with Crippen LogP contribution in [0.5, 0.6) is 11.5 Å². The van der Waals surface area contributed by atoms with E-state index in [9.17, 15) is 0 Å². The van der Waals surface area contributed by atoms with Crippen molar-refractivity contribution in [2.45, 2.75) is 6.54 Å². The minimum Gasteiger partial charge on any atom is -0.456 e. The van der Waals surface area contributed by atoms with Gasteiger partial charge in [0, 0.05) is 21.1 Å². The van der Waals surface area contributed by atoms with Gasteiger partial charge in [0.05, 0.1) is 4.47 Å². The molecular formula is C14H12Br3NO. The van der Waals surface area contributed by atoms with Crippen LogP contribution in [0.15, 0.2) is 49.8 Å². The summed E-state index contributed by atoms with van der Waals surface area (Å²) in [6, 6.07) is 11.8. The summed E-state index contributed by atoms with van der Waals surface area (Å²) in [5, 5.41) is 3.14. The van der Waals surface area contributed by atoms with Crippen molar-refractivity contribution in [2.24, 2.45) is 0 Å². The topological polar surface area (TPSA) is 21.3 Å². The zero-order valence-electron chi connectivity index (χ0n) is 10.2. The molecule has 0 atom stereocenters. The predicted octanol–water partition coefficient (Wildman–Crippen LogP) is 5.49. The highest BCUT2D eigenvalue weighted by Crippen LogP contribution is 2.34. The minimum absolute atomic E-state index is 0.753. The van der Waals surface area contributed by atoms with Crippen LogP contribution >= 0.6 is 47.8 Å². The number of halogens is 3. The second kappa shape index (κ2) is 6.88. The molecule has 2 rings (SSSR count). The number of rotatable bonds is 4. The highest BCUT2D eigenvalue weighted by molar-refractivity contribution is 9.11. The van der Waals surface area contributed by atoms with Crippen LogP contribution in [0.25, 0.3) is 0 Å². The molecule has 2 aromatic rings. The van der Waals surface area contributed by atoms with Crippen LogP contribution < -0.4 is 10.1 Å². The number of nitrogens with one attached hydrogen (secondary N) is 1. The van der Waals surface area contributed by atoms with Gasteiger partial charge in [-0.05, 0) is 59.4 Å². The van der Waals surface area contributed by atoms with Gasteiger partial charge in [0.2, 0.25) is 0 Å². The average Bonchev–Trinajstić information content (AvgIpc) is 2.36. The lowest BCUT2D eigenvalue weighted by molar-refractivity contribution is 0.471. The summed E-state index contributed by atoms with van der Waals surface area (Å²) in [4.78, 5) is 0. The van der Waals surface area contributed by atoms with Crippen molar-refractivity contribution in [3.05, 3.63) is 55.4 Å². The van der Waals surface area contributed by atoms with Gasteiger partial charge in [-0.1, -0.05) is 31.9 Å². The Bertz CT molecular complexity index is 587. The van der Waals surface area contributed by atoms with Gasteiger partial charge in [-0.2, -0.15) is 0 Å². The molecule has 0 aliphatic heterocycles. The van der Waals surface area contributed by atoms with E-state index in [4.69, 9.17) is 4.74 Å². The third-order valence-electron chi connectivity index (χ3n) is 2.50. The van der Waals surface area contributed by atoms with Gasteiger partial charge in [-0.3, -0.25) is 0 Å². The van der Waals surface area contributed by atoms with Crippen molar-refractivity contribution < 1.29 is 4.74 Å². The van der Waals surface area contributed by atoms with Gasteiger partial charge in [-0.15, -0.1) is 0 Å². The normalized spacial score (nSPS) is 10.5. The maximum atomic E-state index is 5.97. The van der Waals surface area contributed by atoms with E-state index >= 15 is 0 Å². The fourth-order valence-electron chi connectivity index (χ4n) is 1.65. The Balaban J connectivity index is 2.32. The van der Waals surface area contributed by atoms with E-state index in [1.807, 2.05) is 37.4 Å². The highest BCUT2D eigenvalue weighted by Gasteiger charge is 2.08. The molecule has 0 fully saturated rings. The monoisotopic (exact) mass is 447 g/mol. The second-order valence-corrected chi connectivity index (χ2v) is 6.64. The van der Waals surface area contributed by atoms with Crippen molar-refractivity contribution in [1.29, 1.82) is 0 Å². The quantitative estimate of drug-likeness (QED) is 0.666. The van der Waals surface area contributed by atoms with Crippen LogP contribution in [-0.4, -0.2) is 7.05 Å². The second-order valence-electron chi connectivity index (χ2n) is 3.96. The van der Waals surface area contributed by atoms with Gasteiger partial charge in [0.15, 0.2) is 0 Å². The first kappa shape index (κ1) is 15.0. The first-order valence-corrected chi connectivity index (χ1v) is 8.04. The van der Waals surface area contributed by atoms with Gasteiger partial charge in [-0.25, -0.2) is 0 Å². The fraction of sp³-hybridized carbons (Fsp3) is 0.143. The largest absolute Gasteiger partial charge is 0.456 e. The Morgan fingerprint density at radius 2 is 1.58 bits per heavy atom. The standard InChI is InChI=1S/C14H12Br3NO/c1-18-8-9-6-10(15)2-4-13(9)19-14-5-3-11(16)7-12(14)17/h2-7,18H,8H2,1H3. The van der Waals surface area contributed by atoms with Crippen LogP contribution in [0.4, 0.5) is 0 Å². The number of ether oxygens (including phenoxy) is 1. The van der Waals surface area contributed by atoms with Crippen molar-refractivity contribution in [3.63, 3.8) is 0 Å². The lowest BCUT2D eigenvalue weighted by atomic mass is 10.2. The molecule has 0 bridgehead atoms. The minimum atomic E-state index is 0.753. The molecule has 0 aliphatic carbocycles. The smallest absolute Gasteiger partial charge is 0.141 e. The summed E-state index contributed by atoms with van der Waals surface area (Å²) >= 11 is 10.4.